The third kappa shape index (κ3) is 6.08. The van der Waals surface area contributed by atoms with Crippen molar-refractivity contribution in [2.75, 3.05) is 13.2 Å². The van der Waals surface area contributed by atoms with E-state index in [1.54, 1.807) is 50.2 Å². The van der Waals surface area contributed by atoms with Gasteiger partial charge in [-0.1, -0.05) is 29.5 Å². The van der Waals surface area contributed by atoms with Gasteiger partial charge in [0, 0.05) is 11.6 Å². The van der Waals surface area contributed by atoms with Crippen LogP contribution in [0.5, 0.6) is 11.5 Å². The van der Waals surface area contributed by atoms with Gasteiger partial charge >= 0.3 is 11.7 Å². The third-order valence-electron chi connectivity index (χ3n) is 5.92. The fourth-order valence-electron chi connectivity index (χ4n) is 4.37. The number of hydrogen-bond acceptors (Lipinski definition) is 10. The Balaban J connectivity index is 1.96. The van der Waals surface area contributed by atoms with Gasteiger partial charge in [-0.3, -0.25) is 19.5 Å². The van der Waals surface area contributed by atoms with Crippen molar-refractivity contribution in [3.05, 3.63) is 93.1 Å². The first kappa shape index (κ1) is 29.7. The van der Waals surface area contributed by atoms with Crippen LogP contribution in [0.15, 0.2) is 61.9 Å². The molecular weight excluding hydrogens is 616 g/mol. The number of thiazole rings is 1. The molecule has 1 aliphatic heterocycles. The molecule has 1 atom stereocenters. The summed E-state index contributed by atoms with van der Waals surface area (Å²) in [5, 5.41) is 20.6. The summed E-state index contributed by atoms with van der Waals surface area (Å²) in [5.41, 5.74) is 0.729. The molecule has 4 rings (SSSR count). The Hall–Kier alpha value is -4.28. The molecule has 3 aromatic rings. The summed E-state index contributed by atoms with van der Waals surface area (Å²) in [6.07, 6.45) is 1.34. The van der Waals surface area contributed by atoms with Crippen LogP contribution in [0.2, 0.25) is 0 Å². The number of nitriles is 1. The highest BCUT2D eigenvalue weighted by Crippen LogP contribution is 2.38. The Bertz CT molecular complexity index is 1790. The second-order valence-electron chi connectivity index (χ2n) is 9.06. The molecule has 0 saturated heterocycles. The van der Waals surface area contributed by atoms with Crippen molar-refractivity contribution < 1.29 is 23.9 Å². The maximum absolute atomic E-state index is 13.9. The molecule has 0 unspecified atom stereocenters. The number of nitro benzene ring substituents is 1. The molecule has 0 amide bonds. The molecule has 0 spiro atoms. The zero-order valence-electron chi connectivity index (χ0n) is 22.5. The van der Waals surface area contributed by atoms with Crippen LogP contribution < -0.4 is 24.4 Å². The van der Waals surface area contributed by atoms with Crippen molar-refractivity contribution in [1.82, 2.24) is 4.57 Å². The number of carbonyl (C=O) groups is 1. The molecule has 0 N–H and O–H groups in total. The van der Waals surface area contributed by atoms with Gasteiger partial charge in [-0.2, -0.15) is 5.26 Å². The number of ether oxygens (including phenoxy) is 3. The van der Waals surface area contributed by atoms with E-state index < -0.39 is 22.5 Å². The Morgan fingerprint density at radius 3 is 2.73 bits per heavy atom. The van der Waals surface area contributed by atoms with Crippen molar-refractivity contribution >= 4 is 45.0 Å². The smallest absolute Gasteiger partial charge is 0.338 e. The molecule has 2 aromatic carbocycles. The van der Waals surface area contributed by atoms with Crippen LogP contribution in [0, 0.1) is 21.4 Å². The summed E-state index contributed by atoms with van der Waals surface area (Å²) in [4.78, 5) is 43.1. The minimum atomic E-state index is -0.884. The molecule has 1 aromatic heterocycles. The standard InChI is InChI=1S/C28H25BrN4O7S/c1-5-38-27(35)23-16(4)31-28-32(24(23)18-8-6-7-9-21(18)40-15(2)3)26(34)22(41-28)14-17-12-19(29)25(39-11-10-30)20(13-17)33(36)37/h6-9,12-15,24H,5,11H2,1-4H3/b22-14-/t24-/m1/s1. The fraction of sp³-hybridized carbons (Fsp3) is 0.286. The lowest BCUT2D eigenvalue weighted by Crippen LogP contribution is -2.40. The predicted octanol–water partition coefficient (Wildman–Crippen LogP) is 4.16. The van der Waals surface area contributed by atoms with E-state index in [-0.39, 0.29) is 45.3 Å². The van der Waals surface area contributed by atoms with Gasteiger partial charge < -0.3 is 14.2 Å². The van der Waals surface area contributed by atoms with Crippen LogP contribution in [0.1, 0.15) is 44.9 Å². The van der Waals surface area contributed by atoms with Gasteiger partial charge in [-0.05, 0) is 67.4 Å². The first-order chi connectivity index (χ1) is 19.6. The maximum atomic E-state index is 13.9. The number of rotatable bonds is 9. The molecule has 0 aliphatic carbocycles. The molecule has 41 heavy (non-hydrogen) atoms. The Labute approximate surface area is 246 Å². The van der Waals surface area contributed by atoms with Crippen LogP contribution in [0.25, 0.3) is 6.08 Å². The minimum Gasteiger partial charge on any atom is -0.491 e. The van der Waals surface area contributed by atoms with Gasteiger partial charge in [-0.25, -0.2) is 9.79 Å². The average Bonchev–Trinajstić information content (AvgIpc) is 3.21. The van der Waals surface area contributed by atoms with Crippen LogP contribution in [-0.2, 0) is 9.53 Å². The average molecular weight is 642 g/mol. The van der Waals surface area contributed by atoms with Crippen LogP contribution in [-0.4, -0.2) is 34.8 Å². The van der Waals surface area contributed by atoms with E-state index in [9.17, 15) is 19.7 Å². The number of hydrogen-bond donors (Lipinski definition) is 0. The number of halogens is 1. The number of nitro groups is 1. The van der Waals surface area contributed by atoms with Crippen LogP contribution >= 0.6 is 27.3 Å². The van der Waals surface area contributed by atoms with Crippen molar-refractivity contribution in [2.45, 2.75) is 39.8 Å². The number of carbonyl (C=O) groups excluding carboxylic acids is 1. The fourth-order valence-corrected chi connectivity index (χ4v) is 6.00. The van der Waals surface area contributed by atoms with Gasteiger partial charge in [0.25, 0.3) is 5.56 Å². The Morgan fingerprint density at radius 1 is 1.34 bits per heavy atom. The van der Waals surface area contributed by atoms with E-state index >= 15 is 0 Å². The van der Waals surface area contributed by atoms with E-state index in [1.165, 1.54) is 16.7 Å². The summed E-state index contributed by atoms with van der Waals surface area (Å²) >= 11 is 4.36. The quantitative estimate of drug-likeness (QED) is 0.192. The van der Waals surface area contributed by atoms with Crippen LogP contribution in [0.4, 0.5) is 5.69 Å². The van der Waals surface area contributed by atoms with Gasteiger partial charge in [-0.15, -0.1) is 0 Å². The summed E-state index contributed by atoms with van der Waals surface area (Å²) in [5.74, 6) is -0.183. The number of para-hydroxylation sites is 1. The largest absolute Gasteiger partial charge is 0.491 e. The summed E-state index contributed by atoms with van der Waals surface area (Å²) < 4.78 is 18.5. The number of esters is 1. The molecule has 0 saturated carbocycles. The lowest BCUT2D eigenvalue weighted by Gasteiger charge is -2.26. The SMILES string of the molecule is CCOC(=O)C1=C(C)N=c2s/c(=C\c3cc(Br)c(OCC#N)c([N+](=O)[O-])c3)c(=O)n2[C@@H]1c1ccccc1OC(C)C. The number of fused-ring (bicyclic) bond motifs is 1. The summed E-state index contributed by atoms with van der Waals surface area (Å²) in [6, 6.07) is 10.9. The number of nitrogens with zero attached hydrogens (tertiary/aromatic N) is 4. The van der Waals surface area contributed by atoms with E-state index in [2.05, 4.69) is 20.9 Å². The predicted molar refractivity (Wildman–Crippen MR) is 155 cm³/mol. The van der Waals surface area contributed by atoms with Gasteiger partial charge in [0.05, 0.1) is 37.9 Å². The third-order valence-corrected chi connectivity index (χ3v) is 7.49. The van der Waals surface area contributed by atoms with E-state index in [1.807, 2.05) is 13.8 Å². The lowest BCUT2D eigenvalue weighted by molar-refractivity contribution is -0.385. The number of benzene rings is 2. The monoisotopic (exact) mass is 640 g/mol. The molecular formula is C28H25BrN4O7S. The maximum Gasteiger partial charge on any atom is 0.338 e. The Morgan fingerprint density at radius 2 is 2.07 bits per heavy atom. The summed E-state index contributed by atoms with van der Waals surface area (Å²) in [6.45, 7) is 6.90. The van der Waals surface area contributed by atoms with E-state index in [0.717, 1.165) is 11.3 Å². The molecule has 0 radical (unpaired) electrons. The van der Waals surface area contributed by atoms with E-state index in [0.29, 0.717) is 27.4 Å². The van der Waals surface area contributed by atoms with Crippen molar-refractivity contribution in [3.63, 3.8) is 0 Å². The zero-order valence-corrected chi connectivity index (χ0v) is 24.9. The summed E-state index contributed by atoms with van der Waals surface area (Å²) in [7, 11) is 0. The number of aromatic nitrogens is 1. The van der Waals surface area contributed by atoms with Crippen molar-refractivity contribution in [3.8, 4) is 17.6 Å². The Kier molecular flexibility index (Phi) is 9.05. The van der Waals surface area contributed by atoms with Crippen molar-refractivity contribution in [1.29, 1.82) is 5.26 Å². The van der Waals surface area contributed by atoms with Crippen molar-refractivity contribution in [2.24, 2.45) is 4.99 Å². The van der Waals surface area contributed by atoms with Gasteiger partial charge in [0.1, 0.15) is 17.9 Å². The molecule has 0 bridgehead atoms. The number of allylic oxidation sites excluding steroid dienone is 1. The highest BCUT2D eigenvalue weighted by atomic mass is 79.9. The molecule has 1 aliphatic rings. The minimum absolute atomic E-state index is 0.0911. The lowest BCUT2D eigenvalue weighted by atomic mass is 9.95. The topological polar surface area (TPSA) is 146 Å². The first-order valence-corrected chi connectivity index (χ1v) is 14.1. The highest BCUT2D eigenvalue weighted by molar-refractivity contribution is 9.10. The molecule has 0 fully saturated rings. The van der Waals surface area contributed by atoms with Gasteiger partial charge in [0.2, 0.25) is 5.75 Å². The second kappa shape index (κ2) is 12.5. The normalized spacial score (nSPS) is 14.8. The first-order valence-electron chi connectivity index (χ1n) is 12.5. The second-order valence-corrected chi connectivity index (χ2v) is 10.9. The molecule has 2 heterocycles. The molecule has 13 heteroatoms. The van der Waals surface area contributed by atoms with Crippen LogP contribution in [0.3, 0.4) is 0 Å². The zero-order chi connectivity index (χ0) is 29.8. The van der Waals surface area contributed by atoms with Gasteiger partial charge in [0.15, 0.2) is 11.4 Å². The molecule has 212 valence electrons. The molecule has 11 nitrogen and oxygen atoms in total. The van der Waals surface area contributed by atoms with E-state index in [4.69, 9.17) is 19.5 Å². The highest BCUT2D eigenvalue weighted by Gasteiger charge is 2.35.